The summed E-state index contributed by atoms with van der Waals surface area (Å²) >= 11 is 0. The Hall–Kier alpha value is -2.92. The molecule has 0 bridgehead atoms. The Morgan fingerprint density at radius 3 is 1.54 bits per heavy atom. The van der Waals surface area contributed by atoms with Gasteiger partial charge in [0, 0.05) is 0 Å². The minimum absolute atomic E-state index is 0.205. The van der Waals surface area contributed by atoms with Crippen molar-refractivity contribution >= 4 is 13.4 Å². The van der Waals surface area contributed by atoms with Crippen molar-refractivity contribution in [3.05, 3.63) is 90.2 Å². The van der Waals surface area contributed by atoms with Crippen molar-refractivity contribution in [1.82, 2.24) is 0 Å². The smallest absolute Gasteiger partial charge is 0.397 e. The summed E-state index contributed by atoms with van der Waals surface area (Å²) in [5, 5.41) is 2.28. The zero-order chi connectivity index (χ0) is 18.6. The zero-order valence-corrected chi connectivity index (χ0v) is 14.1. The lowest BCUT2D eigenvalue weighted by Gasteiger charge is -2.21. The zero-order valence-electron chi connectivity index (χ0n) is 13.2. The molecule has 0 aliphatic carbocycles. The fraction of sp³-hybridized carbons (Fsp3) is 0. The van der Waals surface area contributed by atoms with Crippen LogP contribution in [-0.4, -0.2) is 0 Å². The number of rotatable bonds is 6. The van der Waals surface area contributed by atoms with Gasteiger partial charge in [-0.2, -0.15) is 0 Å². The first kappa shape index (κ1) is 17.9. The third-order valence-corrected chi connectivity index (χ3v) is 4.63. The van der Waals surface area contributed by atoms with Crippen molar-refractivity contribution in [2.24, 2.45) is 0 Å². The summed E-state index contributed by atoms with van der Waals surface area (Å²) in [5.41, 5.74) is -0.205. The van der Waals surface area contributed by atoms with Crippen molar-refractivity contribution in [2.45, 2.75) is 0 Å². The molecule has 0 unspecified atom stereocenters. The van der Waals surface area contributed by atoms with E-state index in [1.165, 1.54) is 54.6 Å². The number of para-hydroxylation sites is 3. The standard InChI is InChI=1S/C18H13F3NO3P/c19-13-7-1-4-10-16(13)22-26(23,24-17-11-5-2-8-14(17)20)25-18-12-6-3-9-15(18)21/h1-12H,(H,22,23). The Bertz CT molecular complexity index is 845. The molecule has 0 aliphatic rings. The monoisotopic (exact) mass is 379 g/mol. The molecule has 0 atom stereocenters. The molecule has 0 saturated carbocycles. The van der Waals surface area contributed by atoms with Gasteiger partial charge in [0.15, 0.2) is 23.1 Å². The third kappa shape index (κ3) is 4.18. The Balaban J connectivity index is 1.97. The lowest BCUT2D eigenvalue weighted by molar-refractivity contribution is 0.372. The predicted molar refractivity (Wildman–Crippen MR) is 91.7 cm³/mol. The van der Waals surface area contributed by atoms with Crippen molar-refractivity contribution in [3.63, 3.8) is 0 Å². The SMILES string of the molecule is O=P(Nc1ccccc1F)(Oc1ccccc1F)Oc1ccccc1F. The summed E-state index contributed by atoms with van der Waals surface area (Å²) in [4.78, 5) is 0. The first-order valence-electron chi connectivity index (χ1n) is 7.48. The summed E-state index contributed by atoms with van der Waals surface area (Å²) in [7, 11) is -4.44. The average Bonchev–Trinajstić information content (AvgIpc) is 2.61. The first-order chi connectivity index (χ1) is 12.5. The molecule has 3 aromatic carbocycles. The summed E-state index contributed by atoms with van der Waals surface area (Å²) in [5.74, 6) is -3.13. The Morgan fingerprint density at radius 1 is 0.654 bits per heavy atom. The average molecular weight is 379 g/mol. The van der Waals surface area contributed by atoms with Gasteiger partial charge in [-0.05, 0) is 36.4 Å². The van der Waals surface area contributed by atoms with Crippen molar-refractivity contribution in [3.8, 4) is 11.5 Å². The second-order valence-corrected chi connectivity index (χ2v) is 6.72. The highest BCUT2D eigenvalue weighted by Gasteiger charge is 2.32. The number of nitrogens with one attached hydrogen (secondary N) is 1. The second-order valence-electron chi connectivity index (χ2n) is 5.13. The van der Waals surface area contributed by atoms with Gasteiger partial charge in [-0.15, -0.1) is 0 Å². The normalized spacial score (nSPS) is 11.0. The molecule has 0 fully saturated rings. The molecule has 0 radical (unpaired) electrons. The maximum atomic E-state index is 13.9. The molecule has 8 heteroatoms. The molecular formula is C18H13F3NO3P. The molecule has 0 aliphatic heterocycles. The number of hydrogen-bond donors (Lipinski definition) is 1. The third-order valence-electron chi connectivity index (χ3n) is 3.24. The van der Waals surface area contributed by atoms with E-state index >= 15 is 0 Å². The number of benzene rings is 3. The lowest BCUT2D eigenvalue weighted by atomic mass is 10.3. The summed E-state index contributed by atoms with van der Waals surface area (Å²) in [6, 6.07) is 15.7. The maximum Gasteiger partial charge on any atom is 0.541 e. The van der Waals surface area contributed by atoms with E-state index in [1.54, 1.807) is 0 Å². The molecule has 3 rings (SSSR count). The topological polar surface area (TPSA) is 47.6 Å². The Labute approximate surface area is 147 Å². The first-order valence-corrected chi connectivity index (χ1v) is 9.02. The van der Waals surface area contributed by atoms with E-state index in [0.717, 1.165) is 18.2 Å². The summed E-state index contributed by atoms with van der Waals surface area (Å²) in [6.07, 6.45) is 0. The molecule has 3 aromatic rings. The van der Waals surface area contributed by atoms with Crippen LogP contribution < -0.4 is 14.1 Å². The molecule has 0 aromatic heterocycles. The highest BCUT2D eigenvalue weighted by Crippen LogP contribution is 2.49. The van der Waals surface area contributed by atoms with Crippen LogP contribution in [0.2, 0.25) is 0 Å². The number of halogens is 3. The minimum Gasteiger partial charge on any atom is -0.397 e. The van der Waals surface area contributed by atoms with Crippen LogP contribution in [0.15, 0.2) is 72.8 Å². The molecule has 134 valence electrons. The van der Waals surface area contributed by atoms with Gasteiger partial charge in [-0.3, -0.25) is 5.09 Å². The molecule has 0 saturated heterocycles. The lowest BCUT2D eigenvalue weighted by Crippen LogP contribution is -2.12. The van der Waals surface area contributed by atoms with Gasteiger partial charge in [-0.25, -0.2) is 17.7 Å². The molecule has 0 amide bonds. The van der Waals surface area contributed by atoms with Gasteiger partial charge in [-0.1, -0.05) is 36.4 Å². The quantitative estimate of drug-likeness (QED) is 0.552. The molecule has 4 nitrogen and oxygen atoms in total. The number of hydrogen-bond acceptors (Lipinski definition) is 3. The van der Waals surface area contributed by atoms with Gasteiger partial charge in [0.05, 0.1) is 5.69 Å². The van der Waals surface area contributed by atoms with E-state index in [-0.39, 0.29) is 5.69 Å². The summed E-state index contributed by atoms with van der Waals surface area (Å²) in [6.45, 7) is 0. The van der Waals surface area contributed by atoms with Crippen LogP contribution in [-0.2, 0) is 4.57 Å². The second kappa shape index (κ2) is 7.54. The van der Waals surface area contributed by atoms with Crippen LogP contribution in [0.4, 0.5) is 18.9 Å². The Morgan fingerprint density at radius 2 is 1.08 bits per heavy atom. The van der Waals surface area contributed by atoms with Crippen LogP contribution in [0.1, 0.15) is 0 Å². The van der Waals surface area contributed by atoms with Crippen LogP contribution >= 0.6 is 7.75 Å². The van der Waals surface area contributed by atoms with E-state index in [9.17, 15) is 17.7 Å². The van der Waals surface area contributed by atoms with Gasteiger partial charge in [0.1, 0.15) is 5.82 Å². The Kier molecular flexibility index (Phi) is 5.19. The van der Waals surface area contributed by atoms with Crippen LogP contribution in [0.3, 0.4) is 0 Å². The van der Waals surface area contributed by atoms with E-state index in [1.807, 2.05) is 0 Å². The van der Waals surface area contributed by atoms with Crippen molar-refractivity contribution in [2.75, 3.05) is 5.09 Å². The summed E-state index contributed by atoms with van der Waals surface area (Å²) < 4.78 is 65.1. The van der Waals surface area contributed by atoms with E-state index in [4.69, 9.17) is 9.05 Å². The van der Waals surface area contributed by atoms with E-state index < -0.39 is 36.7 Å². The molecule has 0 spiro atoms. The molecular weight excluding hydrogens is 366 g/mol. The van der Waals surface area contributed by atoms with Crippen molar-refractivity contribution < 1.29 is 26.8 Å². The maximum absolute atomic E-state index is 13.9. The van der Waals surface area contributed by atoms with E-state index in [0.29, 0.717) is 0 Å². The van der Waals surface area contributed by atoms with E-state index in [2.05, 4.69) is 5.09 Å². The molecule has 1 N–H and O–H groups in total. The number of anilines is 1. The minimum atomic E-state index is -4.44. The fourth-order valence-corrected chi connectivity index (χ4v) is 3.48. The molecule has 26 heavy (non-hydrogen) atoms. The van der Waals surface area contributed by atoms with Gasteiger partial charge < -0.3 is 9.05 Å². The van der Waals surface area contributed by atoms with Crippen LogP contribution in [0.25, 0.3) is 0 Å². The largest absolute Gasteiger partial charge is 0.541 e. The molecule has 0 heterocycles. The van der Waals surface area contributed by atoms with Crippen LogP contribution in [0, 0.1) is 17.5 Å². The van der Waals surface area contributed by atoms with Crippen LogP contribution in [0.5, 0.6) is 11.5 Å². The highest BCUT2D eigenvalue weighted by atomic mass is 31.2. The van der Waals surface area contributed by atoms with Crippen molar-refractivity contribution in [1.29, 1.82) is 0 Å². The van der Waals surface area contributed by atoms with Gasteiger partial charge in [0.25, 0.3) is 0 Å². The van der Waals surface area contributed by atoms with Gasteiger partial charge >= 0.3 is 7.75 Å². The fourth-order valence-electron chi connectivity index (χ4n) is 2.06. The predicted octanol–water partition coefficient (Wildman–Crippen LogP) is 5.78. The van der Waals surface area contributed by atoms with Gasteiger partial charge in [0.2, 0.25) is 0 Å². The highest BCUT2D eigenvalue weighted by molar-refractivity contribution is 7.56.